The summed E-state index contributed by atoms with van der Waals surface area (Å²) in [5.74, 6) is 0.526. The molecule has 0 saturated heterocycles. The van der Waals surface area contributed by atoms with Gasteiger partial charge in [0.25, 0.3) is 5.91 Å². The highest BCUT2D eigenvalue weighted by molar-refractivity contribution is 5.92. The van der Waals surface area contributed by atoms with Crippen LogP contribution < -0.4 is 10.6 Å². The number of carbonyl (C=O) groups excluding carboxylic acids is 1. The molecule has 2 atom stereocenters. The number of nitrogens with one attached hydrogen (secondary N) is 2. The van der Waals surface area contributed by atoms with Crippen molar-refractivity contribution in [2.24, 2.45) is 5.92 Å². The zero-order chi connectivity index (χ0) is 14.3. The highest BCUT2D eigenvalue weighted by Crippen LogP contribution is 2.10. The van der Waals surface area contributed by atoms with Gasteiger partial charge in [0.2, 0.25) is 0 Å². The third kappa shape index (κ3) is 5.28. The molecular formula is C15H25N3O. The molecular weight excluding hydrogens is 238 g/mol. The van der Waals surface area contributed by atoms with Gasteiger partial charge in [0.15, 0.2) is 0 Å². The lowest BCUT2D eigenvalue weighted by molar-refractivity contribution is 0.0930. The molecule has 19 heavy (non-hydrogen) atoms. The summed E-state index contributed by atoms with van der Waals surface area (Å²) in [5, 5.41) is 6.14. The Balaban J connectivity index is 2.53. The van der Waals surface area contributed by atoms with Crippen molar-refractivity contribution in [3.63, 3.8) is 0 Å². The predicted octanol–water partition coefficient (Wildman–Crippen LogP) is 3.07. The number of carbonyl (C=O) groups is 1. The minimum Gasteiger partial charge on any atom is -0.384 e. The molecule has 2 unspecified atom stereocenters. The maximum atomic E-state index is 12.0. The van der Waals surface area contributed by atoms with E-state index < -0.39 is 0 Å². The van der Waals surface area contributed by atoms with Gasteiger partial charge < -0.3 is 10.6 Å². The van der Waals surface area contributed by atoms with Crippen LogP contribution in [0.3, 0.4) is 0 Å². The number of hydrogen-bond donors (Lipinski definition) is 2. The Kier molecular flexibility index (Phi) is 6.33. The second-order valence-electron chi connectivity index (χ2n) is 5.09. The molecule has 0 aromatic carbocycles. The number of rotatable bonds is 7. The first-order valence-corrected chi connectivity index (χ1v) is 7.07. The smallest absolute Gasteiger partial charge is 0.270 e. The SMILES string of the molecule is CCNc1ccc(C(=O)NC(C)CC(C)CC)nc1. The molecule has 0 spiro atoms. The molecule has 1 aromatic rings. The van der Waals surface area contributed by atoms with Crippen molar-refractivity contribution in [1.29, 1.82) is 0 Å². The van der Waals surface area contributed by atoms with Crippen molar-refractivity contribution in [3.05, 3.63) is 24.0 Å². The molecule has 1 heterocycles. The fourth-order valence-electron chi connectivity index (χ4n) is 1.96. The third-order valence-corrected chi connectivity index (χ3v) is 3.21. The summed E-state index contributed by atoms with van der Waals surface area (Å²) in [7, 11) is 0. The van der Waals surface area contributed by atoms with Crippen LogP contribution in [0.2, 0.25) is 0 Å². The largest absolute Gasteiger partial charge is 0.384 e. The van der Waals surface area contributed by atoms with Gasteiger partial charge in [-0.15, -0.1) is 0 Å². The lowest BCUT2D eigenvalue weighted by Crippen LogP contribution is -2.34. The number of amides is 1. The molecule has 0 bridgehead atoms. The maximum absolute atomic E-state index is 12.0. The van der Waals surface area contributed by atoms with E-state index in [4.69, 9.17) is 0 Å². The number of nitrogens with zero attached hydrogens (tertiary/aromatic N) is 1. The quantitative estimate of drug-likeness (QED) is 0.795. The summed E-state index contributed by atoms with van der Waals surface area (Å²) in [4.78, 5) is 16.2. The van der Waals surface area contributed by atoms with E-state index in [2.05, 4.69) is 29.5 Å². The average Bonchev–Trinajstić information content (AvgIpc) is 2.39. The van der Waals surface area contributed by atoms with E-state index in [-0.39, 0.29) is 11.9 Å². The summed E-state index contributed by atoms with van der Waals surface area (Å²) in [5.41, 5.74) is 1.41. The van der Waals surface area contributed by atoms with Crippen LogP contribution in [0.4, 0.5) is 5.69 Å². The normalized spacial score (nSPS) is 13.7. The maximum Gasteiger partial charge on any atom is 0.270 e. The molecule has 2 N–H and O–H groups in total. The van der Waals surface area contributed by atoms with Crippen molar-refractivity contribution in [1.82, 2.24) is 10.3 Å². The average molecular weight is 263 g/mol. The van der Waals surface area contributed by atoms with Crippen LogP contribution >= 0.6 is 0 Å². The number of anilines is 1. The number of aromatic nitrogens is 1. The standard InChI is InChI=1S/C15H25N3O/c1-5-11(3)9-12(4)18-15(19)14-8-7-13(10-17-14)16-6-2/h7-8,10-12,16H,5-6,9H2,1-4H3,(H,18,19). The highest BCUT2D eigenvalue weighted by Gasteiger charge is 2.12. The highest BCUT2D eigenvalue weighted by atomic mass is 16.1. The summed E-state index contributed by atoms with van der Waals surface area (Å²) < 4.78 is 0. The fourth-order valence-corrected chi connectivity index (χ4v) is 1.96. The zero-order valence-electron chi connectivity index (χ0n) is 12.4. The molecule has 0 aliphatic rings. The second kappa shape index (κ2) is 7.77. The molecule has 4 nitrogen and oxygen atoms in total. The first kappa shape index (κ1) is 15.5. The Morgan fingerprint density at radius 3 is 2.58 bits per heavy atom. The molecule has 0 aliphatic carbocycles. The Morgan fingerprint density at radius 2 is 2.05 bits per heavy atom. The van der Waals surface area contributed by atoms with Crippen LogP contribution in [-0.4, -0.2) is 23.5 Å². The summed E-state index contributed by atoms with van der Waals surface area (Å²) in [6, 6.07) is 3.81. The predicted molar refractivity (Wildman–Crippen MR) is 79.4 cm³/mol. The van der Waals surface area contributed by atoms with Gasteiger partial charge in [-0.3, -0.25) is 4.79 Å². The summed E-state index contributed by atoms with van der Waals surface area (Å²) in [6.07, 6.45) is 3.82. The van der Waals surface area contributed by atoms with Gasteiger partial charge in [0, 0.05) is 12.6 Å². The van der Waals surface area contributed by atoms with Gasteiger partial charge in [0.1, 0.15) is 5.69 Å². The number of pyridine rings is 1. The molecule has 1 rings (SSSR count). The summed E-state index contributed by atoms with van der Waals surface area (Å²) in [6.45, 7) is 9.28. The molecule has 0 saturated carbocycles. The molecule has 0 aliphatic heterocycles. The van der Waals surface area contributed by atoms with E-state index in [0.29, 0.717) is 11.6 Å². The van der Waals surface area contributed by atoms with E-state index in [9.17, 15) is 4.79 Å². The first-order chi connectivity index (χ1) is 9.06. The van der Waals surface area contributed by atoms with Gasteiger partial charge in [-0.2, -0.15) is 0 Å². The molecule has 106 valence electrons. The minimum absolute atomic E-state index is 0.0983. The molecule has 0 radical (unpaired) electrons. The van der Waals surface area contributed by atoms with Crippen LogP contribution in [-0.2, 0) is 0 Å². The number of hydrogen-bond acceptors (Lipinski definition) is 3. The van der Waals surface area contributed by atoms with Crippen molar-refractivity contribution >= 4 is 11.6 Å². The van der Waals surface area contributed by atoms with E-state index in [0.717, 1.165) is 25.1 Å². The van der Waals surface area contributed by atoms with Crippen LogP contribution in [0.5, 0.6) is 0 Å². The monoisotopic (exact) mass is 263 g/mol. The fraction of sp³-hybridized carbons (Fsp3) is 0.600. The van der Waals surface area contributed by atoms with Crippen LogP contribution in [0.1, 0.15) is 51.0 Å². The zero-order valence-corrected chi connectivity index (χ0v) is 12.4. The Morgan fingerprint density at radius 1 is 1.32 bits per heavy atom. The van der Waals surface area contributed by atoms with Crippen molar-refractivity contribution in [2.75, 3.05) is 11.9 Å². The minimum atomic E-state index is -0.0983. The lowest BCUT2D eigenvalue weighted by Gasteiger charge is -2.17. The van der Waals surface area contributed by atoms with Gasteiger partial charge in [-0.1, -0.05) is 20.3 Å². The van der Waals surface area contributed by atoms with Crippen LogP contribution in [0, 0.1) is 5.92 Å². The van der Waals surface area contributed by atoms with E-state index >= 15 is 0 Å². The second-order valence-corrected chi connectivity index (χ2v) is 5.09. The molecule has 1 aromatic heterocycles. The first-order valence-electron chi connectivity index (χ1n) is 7.07. The van der Waals surface area contributed by atoms with E-state index in [1.807, 2.05) is 19.9 Å². The third-order valence-electron chi connectivity index (χ3n) is 3.21. The van der Waals surface area contributed by atoms with Gasteiger partial charge in [0.05, 0.1) is 11.9 Å². The Hall–Kier alpha value is -1.58. The Labute approximate surface area is 116 Å². The van der Waals surface area contributed by atoms with E-state index in [1.165, 1.54) is 0 Å². The van der Waals surface area contributed by atoms with Gasteiger partial charge in [-0.25, -0.2) is 4.98 Å². The Bertz CT molecular complexity index is 389. The van der Waals surface area contributed by atoms with E-state index in [1.54, 1.807) is 12.3 Å². The van der Waals surface area contributed by atoms with Crippen LogP contribution in [0.25, 0.3) is 0 Å². The van der Waals surface area contributed by atoms with Gasteiger partial charge >= 0.3 is 0 Å². The topological polar surface area (TPSA) is 54.0 Å². The molecule has 1 amide bonds. The van der Waals surface area contributed by atoms with Crippen LogP contribution in [0.15, 0.2) is 18.3 Å². The summed E-state index contributed by atoms with van der Waals surface area (Å²) >= 11 is 0. The van der Waals surface area contributed by atoms with Gasteiger partial charge in [-0.05, 0) is 38.3 Å². The lowest BCUT2D eigenvalue weighted by atomic mass is 10.0. The van der Waals surface area contributed by atoms with Crippen molar-refractivity contribution in [3.8, 4) is 0 Å². The molecule has 0 fully saturated rings. The molecule has 4 heteroatoms. The van der Waals surface area contributed by atoms with Crippen molar-refractivity contribution < 1.29 is 4.79 Å². The van der Waals surface area contributed by atoms with Crippen molar-refractivity contribution in [2.45, 2.75) is 46.6 Å².